The van der Waals surface area contributed by atoms with Gasteiger partial charge in [0.15, 0.2) is 0 Å². The largest absolute Gasteiger partial charge is 0.467 e. The fourth-order valence-electron chi connectivity index (χ4n) is 2.06. The van der Waals surface area contributed by atoms with E-state index >= 15 is 0 Å². The first kappa shape index (κ1) is 16.3. The van der Waals surface area contributed by atoms with E-state index in [2.05, 4.69) is 19.2 Å². The van der Waals surface area contributed by atoms with Crippen LogP contribution in [0.3, 0.4) is 0 Å². The summed E-state index contributed by atoms with van der Waals surface area (Å²) in [5, 5.41) is 3.31. The molecule has 1 N–H and O–H groups in total. The number of ether oxygens (including phenoxy) is 1. The van der Waals surface area contributed by atoms with Crippen LogP contribution in [0.4, 0.5) is 0 Å². The average Bonchev–Trinajstić information content (AvgIpc) is 2.87. The molecular weight excluding hydrogens is 238 g/mol. The molecule has 0 fully saturated rings. The zero-order valence-corrected chi connectivity index (χ0v) is 12.5. The van der Waals surface area contributed by atoms with E-state index in [1.165, 1.54) is 37.7 Å². The summed E-state index contributed by atoms with van der Waals surface area (Å²) in [4.78, 5) is 0. The first-order valence-corrected chi connectivity index (χ1v) is 7.72. The second-order valence-electron chi connectivity index (χ2n) is 4.97. The van der Waals surface area contributed by atoms with Crippen LogP contribution in [0.25, 0.3) is 0 Å². The zero-order chi connectivity index (χ0) is 13.8. The topological polar surface area (TPSA) is 34.4 Å². The molecule has 0 atom stereocenters. The molecule has 1 aromatic rings. The number of hydrogen-bond acceptors (Lipinski definition) is 3. The summed E-state index contributed by atoms with van der Waals surface area (Å²) in [5.41, 5.74) is 1.21. The molecule has 1 aromatic heterocycles. The van der Waals surface area contributed by atoms with Gasteiger partial charge in [-0.05, 0) is 19.0 Å². The van der Waals surface area contributed by atoms with Crippen LogP contribution < -0.4 is 5.32 Å². The van der Waals surface area contributed by atoms with Crippen LogP contribution in [-0.4, -0.2) is 13.2 Å². The summed E-state index contributed by atoms with van der Waals surface area (Å²) >= 11 is 0. The van der Waals surface area contributed by atoms with Crippen molar-refractivity contribution < 1.29 is 9.15 Å². The van der Waals surface area contributed by atoms with E-state index in [9.17, 15) is 0 Å². The van der Waals surface area contributed by atoms with Gasteiger partial charge in [-0.1, -0.05) is 46.0 Å². The molecule has 1 heterocycles. The molecule has 0 aliphatic rings. The Morgan fingerprint density at radius 1 is 1.11 bits per heavy atom. The van der Waals surface area contributed by atoms with E-state index in [0.717, 1.165) is 31.9 Å². The smallest absolute Gasteiger partial charge is 0.133 e. The predicted molar refractivity (Wildman–Crippen MR) is 79.1 cm³/mol. The van der Waals surface area contributed by atoms with Crippen molar-refractivity contribution in [2.45, 2.75) is 65.5 Å². The third-order valence-electron chi connectivity index (χ3n) is 3.28. The summed E-state index contributed by atoms with van der Waals surface area (Å²) in [6, 6.07) is 2.02. The van der Waals surface area contributed by atoms with E-state index in [1.54, 1.807) is 6.26 Å². The maximum Gasteiger partial charge on any atom is 0.133 e. The predicted octanol–water partition coefficient (Wildman–Crippen LogP) is 4.27. The Kier molecular flexibility index (Phi) is 9.46. The summed E-state index contributed by atoms with van der Waals surface area (Å²) in [7, 11) is 0. The standard InChI is InChI=1S/C16H29NO2/c1-3-5-6-7-8-9-11-18-14-16-15(10-12-19-16)13-17-4-2/h10,12,17H,3-9,11,13-14H2,1-2H3. The molecular formula is C16H29NO2. The Morgan fingerprint density at radius 3 is 2.68 bits per heavy atom. The van der Waals surface area contributed by atoms with Crippen molar-refractivity contribution in [3.8, 4) is 0 Å². The molecule has 0 bridgehead atoms. The van der Waals surface area contributed by atoms with Gasteiger partial charge >= 0.3 is 0 Å². The first-order valence-electron chi connectivity index (χ1n) is 7.72. The third kappa shape index (κ3) is 7.38. The molecule has 0 aliphatic heterocycles. The highest BCUT2D eigenvalue weighted by Crippen LogP contribution is 2.12. The van der Waals surface area contributed by atoms with Gasteiger partial charge in [-0.2, -0.15) is 0 Å². The van der Waals surface area contributed by atoms with Gasteiger partial charge in [0.1, 0.15) is 12.4 Å². The Balaban J connectivity index is 2.04. The lowest BCUT2D eigenvalue weighted by molar-refractivity contribution is 0.101. The molecule has 0 amide bonds. The third-order valence-corrected chi connectivity index (χ3v) is 3.28. The number of nitrogens with one attached hydrogen (secondary N) is 1. The van der Waals surface area contributed by atoms with E-state index in [1.807, 2.05) is 6.07 Å². The van der Waals surface area contributed by atoms with Gasteiger partial charge in [-0.3, -0.25) is 0 Å². The minimum atomic E-state index is 0.600. The van der Waals surface area contributed by atoms with Gasteiger partial charge in [0.2, 0.25) is 0 Å². The second-order valence-corrected chi connectivity index (χ2v) is 4.97. The fourth-order valence-corrected chi connectivity index (χ4v) is 2.06. The monoisotopic (exact) mass is 267 g/mol. The summed E-state index contributed by atoms with van der Waals surface area (Å²) in [6.07, 6.45) is 9.56. The Morgan fingerprint density at radius 2 is 1.89 bits per heavy atom. The highest BCUT2D eigenvalue weighted by molar-refractivity contribution is 5.15. The highest BCUT2D eigenvalue weighted by Gasteiger charge is 2.05. The maximum atomic E-state index is 5.68. The minimum absolute atomic E-state index is 0.600. The molecule has 1 rings (SSSR count). The molecule has 0 aliphatic carbocycles. The SMILES string of the molecule is CCCCCCCCOCc1occc1CNCC. The van der Waals surface area contributed by atoms with Gasteiger partial charge in [0.05, 0.1) is 6.26 Å². The Hall–Kier alpha value is -0.800. The molecule has 3 heteroatoms. The van der Waals surface area contributed by atoms with Crippen LogP contribution in [0.1, 0.15) is 63.7 Å². The lowest BCUT2D eigenvalue weighted by atomic mass is 10.1. The average molecular weight is 267 g/mol. The van der Waals surface area contributed by atoms with Crippen LogP contribution in [0, 0.1) is 0 Å². The molecule has 110 valence electrons. The molecule has 19 heavy (non-hydrogen) atoms. The van der Waals surface area contributed by atoms with Gasteiger partial charge in [0, 0.05) is 18.7 Å². The van der Waals surface area contributed by atoms with Gasteiger partial charge in [-0.15, -0.1) is 0 Å². The molecule has 0 spiro atoms. The molecule has 0 radical (unpaired) electrons. The number of rotatable bonds is 12. The Labute approximate surface area is 117 Å². The van der Waals surface area contributed by atoms with Gasteiger partial charge < -0.3 is 14.5 Å². The van der Waals surface area contributed by atoms with E-state index < -0.39 is 0 Å². The molecule has 0 saturated carbocycles. The van der Waals surface area contributed by atoms with Crippen molar-refractivity contribution in [2.75, 3.05) is 13.2 Å². The minimum Gasteiger partial charge on any atom is -0.467 e. The van der Waals surface area contributed by atoms with E-state index in [4.69, 9.17) is 9.15 Å². The first-order chi connectivity index (χ1) is 9.38. The number of hydrogen-bond donors (Lipinski definition) is 1. The van der Waals surface area contributed by atoms with Crippen LogP contribution >= 0.6 is 0 Å². The zero-order valence-electron chi connectivity index (χ0n) is 12.5. The molecule has 0 unspecified atom stereocenters. The number of unbranched alkanes of at least 4 members (excludes halogenated alkanes) is 5. The summed E-state index contributed by atoms with van der Waals surface area (Å²) in [5.74, 6) is 0.965. The normalized spacial score (nSPS) is 11.1. The summed E-state index contributed by atoms with van der Waals surface area (Å²) < 4.78 is 11.1. The fraction of sp³-hybridized carbons (Fsp3) is 0.750. The maximum absolute atomic E-state index is 5.68. The van der Waals surface area contributed by atoms with Crippen LogP contribution in [-0.2, 0) is 17.9 Å². The second kappa shape index (κ2) is 11.1. The lowest BCUT2D eigenvalue weighted by Gasteiger charge is -2.05. The van der Waals surface area contributed by atoms with E-state index in [0.29, 0.717) is 6.61 Å². The molecule has 0 aromatic carbocycles. The Bertz CT molecular complexity index is 309. The summed E-state index contributed by atoms with van der Waals surface area (Å²) in [6.45, 7) is 7.63. The van der Waals surface area contributed by atoms with Gasteiger partial charge in [0.25, 0.3) is 0 Å². The number of furan rings is 1. The van der Waals surface area contributed by atoms with Crippen molar-refractivity contribution >= 4 is 0 Å². The van der Waals surface area contributed by atoms with Crippen LogP contribution in [0.5, 0.6) is 0 Å². The van der Waals surface area contributed by atoms with Crippen molar-refractivity contribution in [3.05, 3.63) is 23.7 Å². The lowest BCUT2D eigenvalue weighted by Crippen LogP contribution is -2.12. The molecule has 3 nitrogen and oxygen atoms in total. The molecule has 0 saturated heterocycles. The van der Waals surface area contributed by atoms with Gasteiger partial charge in [-0.25, -0.2) is 0 Å². The quantitative estimate of drug-likeness (QED) is 0.574. The van der Waals surface area contributed by atoms with Crippen LogP contribution in [0.2, 0.25) is 0 Å². The van der Waals surface area contributed by atoms with E-state index in [-0.39, 0.29) is 0 Å². The van der Waals surface area contributed by atoms with Crippen molar-refractivity contribution in [2.24, 2.45) is 0 Å². The van der Waals surface area contributed by atoms with Crippen LogP contribution in [0.15, 0.2) is 16.7 Å². The van der Waals surface area contributed by atoms with Crippen molar-refractivity contribution in [1.29, 1.82) is 0 Å². The highest BCUT2D eigenvalue weighted by atomic mass is 16.5. The van der Waals surface area contributed by atoms with Crippen molar-refractivity contribution in [3.63, 3.8) is 0 Å². The van der Waals surface area contributed by atoms with Crippen molar-refractivity contribution in [1.82, 2.24) is 5.32 Å².